The number of fused-ring (bicyclic) bond motifs is 4. The van der Waals surface area contributed by atoms with Crippen molar-refractivity contribution in [3.63, 3.8) is 0 Å². The Morgan fingerprint density at radius 1 is 0.414 bits per heavy atom. The maximum atomic E-state index is 15.3. The molecule has 0 unspecified atom stereocenters. The number of para-hydroxylation sites is 3. The third-order valence-electron chi connectivity index (χ3n) is 19.4. The number of hydrogen-bond donors (Lipinski definition) is 4. The molecule has 0 aliphatic carbocycles. The second-order valence-electron chi connectivity index (χ2n) is 27.0. The Kier molecular flexibility index (Phi) is 32.4. The summed E-state index contributed by atoms with van der Waals surface area (Å²) in [7, 11) is 11.7. The van der Waals surface area contributed by atoms with Crippen LogP contribution < -0.4 is 59.6 Å². The van der Waals surface area contributed by atoms with Gasteiger partial charge in [-0.1, -0.05) is 157 Å². The van der Waals surface area contributed by atoms with Gasteiger partial charge in [-0.2, -0.15) is 0 Å². The molecule has 37 heteroatoms. The van der Waals surface area contributed by atoms with E-state index in [1.807, 2.05) is 44.2 Å². The number of carbonyl (C=O) groups excluding carboxylic acids is 1. The summed E-state index contributed by atoms with van der Waals surface area (Å²) >= 11 is 57.4. The zero-order valence-corrected chi connectivity index (χ0v) is 74.7. The first kappa shape index (κ1) is 97.7. The molecule has 15 rings (SSSR count). The van der Waals surface area contributed by atoms with Crippen LogP contribution in [0.15, 0.2) is 165 Å². The summed E-state index contributed by atoms with van der Waals surface area (Å²) in [6, 6.07) is 33.8. The molecule has 4 heterocycles. The predicted octanol–water partition coefficient (Wildman–Crippen LogP) is 27.2. The monoisotopic (exact) mass is 1920 g/mol. The van der Waals surface area contributed by atoms with Gasteiger partial charge in [0.1, 0.15) is 97.0 Å². The van der Waals surface area contributed by atoms with Gasteiger partial charge in [-0.25, -0.2) is 57.4 Å². The van der Waals surface area contributed by atoms with Crippen LogP contribution in [0.3, 0.4) is 0 Å². The molecule has 0 aliphatic heterocycles. The van der Waals surface area contributed by atoms with Gasteiger partial charge in [0.15, 0.2) is 5.78 Å². The lowest BCUT2D eigenvalue weighted by Crippen LogP contribution is -2.06. The van der Waals surface area contributed by atoms with Gasteiger partial charge in [-0.15, -0.1) is 0 Å². The lowest BCUT2D eigenvalue weighted by Gasteiger charge is -2.16. The van der Waals surface area contributed by atoms with Gasteiger partial charge in [0.2, 0.25) is 23.1 Å². The lowest BCUT2D eigenvalue weighted by molar-refractivity contribution is -0.384. The molecule has 5 N–H and O–H groups in total. The fourth-order valence-corrected chi connectivity index (χ4v) is 16.2. The fourth-order valence-electron chi connectivity index (χ4n) is 13.2. The van der Waals surface area contributed by atoms with Crippen molar-refractivity contribution in [2.45, 2.75) is 42.0 Å². The molecule has 0 aliphatic rings. The van der Waals surface area contributed by atoms with Crippen LogP contribution in [-0.2, 0) is 11.2 Å². The number of halogens is 13. The molecule has 128 heavy (non-hydrogen) atoms. The Morgan fingerprint density at radius 3 is 0.992 bits per heavy atom. The molecule has 0 fully saturated rings. The number of ketones is 1. The van der Waals surface area contributed by atoms with Crippen LogP contribution in [0, 0.1) is 54.2 Å². The van der Waals surface area contributed by atoms with E-state index in [0.717, 1.165) is 16.7 Å². The number of allylic oxidation sites excluding steroid dienone is 1. The van der Waals surface area contributed by atoms with Gasteiger partial charge < -0.3 is 59.6 Å². The molecule has 664 valence electrons. The number of nitro benzene ring substituents is 1. The molecule has 15 aromatic rings. The number of nitrogen functional groups attached to an aromatic ring is 1. The van der Waals surface area contributed by atoms with Crippen LogP contribution >= 0.6 is 104 Å². The van der Waals surface area contributed by atoms with E-state index in [-0.39, 0.29) is 125 Å². The zero-order chi connectivity index (χ0) is 91.0. The van der Waals surface area contributed by atoms with E-state index in [4.69, 9.17) is 148 Å². The van der Waals surface area contributed by atoms with E-state index in [0.29, 0.717) is 135 Å². The summed E-state index contributed by atoms with van der Waals surface area (Å²) < 4.78 is 102. The van der Waals surface area contributed by atoms with Gasteiger partial charge in [-0.05, 0) is 138 Å². The standard InChI is InChI=1S/C27H22Cl2FN3O3.C23H17Cl2FN4O4.C23H19Cl2FN4O2.C16H10Cl3FN2O2.2CH4.H2/c1-5-18(34)10-15-8-6-7-14(2)25(15)32-27-31-13-17-9-16(11-19(30)26(17)33-27)22-23(28)20(35-3)12-21(36-4)24(22)29;1-11-5-4-6-15(30(31)32)21(11)28-23-27-10-13-7-12(8-14(26)22(13)29-23)18-19(24)16(33-2)9-17(34-3)20(18)25;1-11-5-4-6-15(27)21(11)29-23-28-10-13-7-12(8-14(26)22(13)30-23)18-19(24)16(31-2)9-17(32-3)20(18)25;1-23-10-5-11(24-2)14(18)12(13(10)17)7-3-8-6-21-16(19)22-15(8)9(20)4-7;;;/h5-9,11-13H,1,10H2,2-4H3,(H,31,32,33);4-10H,1-3H3,(H,27,28,29);4-10H,27H2,1-3H3,(H,28,29,30);3-6H,1-2H3;2*1H4;1H. The lowest BCUT2D eigenvalue weighted by atomic mass is 10.0. The number of nitrogens with two attached hydrogens (primary N) is 1. The van der Waals surface area contributed by atoms with E-state index < -0.39 is 28.2 Å². The number of aromatic nitrogens is 8. The minimum absolute atomic E-state index is 0. The molecule has 0 spiro atoms. The first-order valence-electron chi connectivity index (χ1n) is 36.9. The third-order valence-corrected chi connectivity index (χ3v) is 22.6. The van der Waals surface area contributed by atoms with Crippen LogP contribution in [0.4, 0.5) is 63.8 Å². The van der Waals surface area contributed by atoms with Gasteiger partial charge in [-0.3, -0.25) is 14.9 Å². The number of nitro groups is 1. The quantitative estimate of drug-likeness (QED) is 0.0122. The van der Waals surface area contributed by atoms with E-state index in [9.17, 15) is 19.3 Å². The Hall–Kier alpha value is -12.5. The van der Waals surface area contributed by atoms with E-state index >= 15 is 13.2 Å². The van der Waals surface area contributed by atoms with Crippen LogP contribution in [0.1, 0.15) is 38.5 Å². The minimum Gasteiger partial charge on any atom is -0.495 e. The van der Waals surface area contributed by atoms with Gasteiger partial charge in [0, 0.05) is 112 Å². The number of benzene rings is 11. The smallest absolute Gasteiger partial charge is 0.293 e. The third kappa shape index (κ3) is 20.7. The van der Waals surface area contributed by atoms with Crippen molar-refractivity contribution in [2.24, 2.45) is 0 Å². The number of rotatable bonds is 22. The second-order valence-corrected chi connectivity index (χ2v) is 30.4. The van der Waals surface area contributed by atoms with Crippen molar-refractivity contribution in [3.8, 4) is 90.5 Å². The number of anilines is 7. The maximum absolute atomic E-state index is 15.3. The topological polar surface area (TPSA) is 299 Å². The average molecular weight is 1920 g/mol. The van der Waals surface area contributed by atoms with Crippen molar-refractivity contribution in [1.82, 2.24) is 39.9 Å². The summed E-state index contributed by atoms with van der Waals surface area (Å²) in [4.78, 5) is 56.4. The van der Waals surface area contributed by atoms with Gasteiger partial charge in [0.25, 0.3) is 5.69 Å². The Balaban J connectivity index is 0.000000194. The molecule has 0 bridgehead atoms. The van der Waals surface area contributed by atoms with Crippen LogP contribution in [0.2, 0.25) is 45.5 Å². The summed E-state index contributed by atoms with van der Waals surface area (Å²) in [5, 5.41) is 23.9. The summed E-state index contributed by atoms with van der Waals surface area (Å²) in [5.74, 6) is 0.675. The highest BCUT2D eigenvalue weighted by Gasteiger charge is 2.28. The Morgan fingerprint density at radius 2 is 0.688 bits per heavy atom. The van der Waals surface area contributed by atoms with Crippen molar-refractivity contribution >= 4 is 200 Å². The first-order chi connectivity index (χ1) is 60.3. The number of hydrogen-bond acceptors (Lipinski definition) is 23. The van der Waals surface area contributed by atoms with Gasteiger partial charge in [0.05, 0.1) is 113 Å². The number of aryl methyl sites for hydroxylation is 3. The van der Waals surface area contributed by atoms with Crippen LogP contribution in [0.5, 0.6) is 46.0 Å². The van der Waals surface area contributed by atoms with E-state index in [2.05, 4.69) is 62.4 Å². The molecule has 0 amide bonds. The molecular formula is C91H78Cl9F4N13O11. The molecule has 0 radical (unpaired) electrons. The Labute approximate surface area is 778 Å². The van der Waals surface area contributed by atoms with E-state index in [1.165, 1.54) is 124 Å². The molecule has 4 aromatic heterocycles. The number of ether oxygens (including phenoxy) is 8. The molecule has 0 saturated heterocycles. The predicted molar refractivity (Wildman–Crippen MR) is 506 cm³/mol. The molecule has 0 saturated carbocycles. The molecule has 0 atom stereocenters. The number of nitrogens with zero attached hydrogens (tertiary/aromatic N) is 9. The number of methoxy groups -OCH3 is 8. The first-order valence-corrected chi connectivity index (χ1v) is 40.3. The van der Waals surface area contributed by atoms with Gasteiger partial charge >= 0.3 is 0 Å². The minimum atomic E-state index is -0.661. The average Bonchev–Trinajstić information content (AvgIpc) is 0.770. The number of carbonyl (C=O) groups is 1. The zero-order valence-electron chi connectivity index (χ0n) is 67.9. The van der Waals surface area contributed by atoms with Crippen molar-refractivity contribution in [2.75, 3.05) is 78.6 Å². The van der Waals surface area contributed by atoms with Crippen LogP contribution in [-0.4, -0.2) is 107 Å². The maximum Gasteiger partial charge on any atom is 0.293 e. The highest BCUT2D eigenvalue weighted by Crippen LogP contribution is 2.52. The SMILES string of the molecule is C.C.C=CC(=O)Cc1cccc(C)c1Nc1ncc2cc(-c3c(Cl)c(OC)cc(OC)c3Cl)cc(F)c2n1.COc1cc(OC)c(Cl)c(-c2cc(F)c3nc(Cl)ncc3c2)c1Cl.COc1cc(OC)c(Cl)c(-c2cc(F)c3nc(Nc4c(C)cccc4N)ncc3c2)c1Cl.COc1cc(OC)c(Cl)c(-c2cc(F)c3nc(Nc4c(C)cccc4[N+](=O)[O-])ncc3c2)c1Cl.[HH]. The second kappa shape index (κ2) is 42.4. The van der Waals surface area contributed by atoms with Crippen molar-refractivity contribution < 1.29 is 66.6 Å². The largest absolute Gasteiger partial charge is 0.495 e. The number of nitrogens with one attached hydrogen (secondary N) is 3. The summed E-state index contributed by atoms with van der Waals surface area (Å²) in [6.07, 6.45) is 7.30. The Bertz CT molecular complexity index is 6730. The molecular weight excluding hydrogens is 1850 g/mol. The summed E-state index contributed by atoms with van der Waals surface area (Å²) in [6.45, 7) is 9.04. The fraction of sp³-hybridized carbons (Fsp3) is 0.154. The van der Waals surface area contributed by atoms with E-state index in [1.54, 1.807) is 67.6 Å². The van der Waals surface area contributed by atoms with Crippen molar-refractivity contribution in [3.05, 3.63) is 266 Å². The highest BCUT2D eigenvalue weighted by atomic mass is 35.5. The highest BCUT2D eigenvalue weighted by molar-refractivity contribution is 6.43. The molecule has 11 aromatic carbocycles. The molecule has 24 nitrogen and oxygen atoms in total. The van der Waals surface area contributed by atoms with Crippen LogP contribution in [0.25, 0.3) is 88.1 Å². The van der Waals surface area contributed by atoms with Crippen molar-refractivity contribution in [1.29, 1.82) is 0 Å². The normalized spacial score (nSPS) is 10.7. The summed E-state index contributed by atoms with van der Waals surface area (Å²) in [5.41, 5.74) is 14.7.